The fourth-order valence-electron chi connectivity index (χ4n) is 2.41. The first-order valence-electron chi connectivity index (χ1n) is 7.50. The van der Waals surface area contributed by atoms with Gasteiger partial charge in [-0.05, 0) is 35.7 Å². The summed E-state index contributed by atoms with van der Waals surface area (Å²) in [5, 5.41) is 6.85. The van der Waals surface area contributed by atoms with Crippen molar-refractivity contribution in [2.45, 2.75) is 12.5 Å². The molecule has 0 aliphatic rings. The molecule has 0 radical (unpaired) electrons. The first-order valence-corrected chi connectivity index (χ1v) is 8.44. The van der Waals surface area contributed by atoms with Gasteiger partial charge in [-0.3, -0.25) is 14.4 Å². The van der Waals surface area contributed by atoms with Crippen molar-refractivity contribution >= 4 is 40.0 Å². The first kappa shape index (κ1) is 16.9. The van der Waals surface area contributed by atoms with E-state index in [0.29, 0.717) is 16.7 Å². The Morgan fingerprint density at radius 3 is 2.76 bits per heavy atom. The summed E-state index contributed by atoms with van der Waals surface area (Å²) in [6.07, 6.45) is 1.30. The highest BCUT2D eigenvalue weighted by molar-refractivity contribution is 7.08. The molecular formula is C18H15NO5S. The summed E-state index contributed by atoms with van der Waals surface area (Å²) >= 11 is 1.37. The molecule has 1 unspecified atom stereocenters. The minimum Gasteiger partial charge on any atom is -0.469 e. The summed E-state index contributed by atoms with van der Waals surface area (Å²) < 4.78 is 9.87. The Labute approximate surface area is 147 Å². The van der Waals surface area contributed by atoms with Gasteiger partial charge in [-0.15, -0.1) is 0 Å². The van der Waals surface area contributed by atoms with Crippen molar-refractivity contribution < 1.29 is 23.5 Å². The van der Waals surface area contributed by atoms with Crippen LogP contribution in [0.1, 0.15) is 27.1 Å². The number of methoxy groups -OCH3 is 1. The Morgan fingerprint density at radius 2 is 2.04 bits per heavy atom. The van der Waals surface area contributed by atoms with Gasteiger partial charge in [0.25, 0.3) is 5.91 Å². The van der Waals surface area contributed by atoms with Crippen LogP contribution in [0.5, 0.6) is 0 Å². The van der Waals surface area contributed by atoms with Crippen molar-refractivity contribution in [3.8, 4) is 0 Å². The highest BCUT2D eigenvalue weighted by Gasteiger charge is 2.26. The molecule has 0 aliphatic carbocycles. The summed E-state index contributed by atoms with van der Waals surface area (Å²) in [5.41, 5.74) is 1.49. The summed E-state index contributed by atoms with van der Waals surface area (Å²) in [5.74, 6) is -1.34. The number of fused-ring (bicyclic) bond motifs is 1. The van der Waals surface area contributed by atoms with Gasteiger partial charge in [0.1, 0.15) is 11.6 Å². The Hall–Kier alpha value is -2.93. The number of carbonyl (C=O) groups excluding carboxylic acids is 3. The van der Waals surface area contributed by atoms with Gasteiger partial charge in [0, 0.05) is 21.9 Å². The van der Waals surface area contributed by atoms with Gasteiger partial charge in [0.2, 0.25) is 0 Å². The molecule has 0 bridgehead atoms. The number of ketones is 1. The molecule has 0 aliphatic heterocycles. The number of esters is 1. The molecule has 0 saturated heterocycles. The third-order valence-corrected chi connectivity index (χ3v) is 4.42. The number of furan rings is 1. The van der Waals surface area contributed by atoms with Crippen LogP contribution in [0.15, 0.2) is 51.8 Å². The molecule has 2 aromatic heterocycles. The molecule has 6 nitrogen and oxygen atoms in total. The molecule has 1 amide bonds. The van der Waals surface area contributed by atoms with E-state index in [1.54, 1.807) is 41.1 Å². The number of nitrogens with one attached hydrogen (secondary N) is 1. The second kappa shape index (κ2) is 7.31. The standard InChI is InChI=1S/C18H15NO5S/c1-23-16(20)9-14(17(21)13-5-7-25-10-13)19-18(22)12-2-3-15-11(8-12)4-6-24-15/h2-8,10,14H,9H2,1H3,(H,19,22). The topological polar surface area (TPSA) is 85.6 Å². The lowest BCUT2D eigenvalue weighted by Gasteiger charge is -2.16. The third-order valence-electron chi connectivity index (χ3n) is 3.74. The number of hydrogen-bond acceptors (Lipinski definition) is 6. The van der Waals surface area contributed by atoms with E-state index in [-0.39, 0.29) is 12.2 Å². The molecular weight excluding hydrogens is 342 g/mol. The van der Waals surface area contributed by atoms with Gasteiger partial charge >= 0.3 is 5.97 Å². The second-order valence-corrected chi connectivity index (χ2v) is 6.14. The number of Topliss-reactive ketones (excluding diaryl/α,β-unsaturated/α-hetero) is 1. The molecule has 7 heteroatoms. The highest BCUT2D eigenvalue weighted by atomic mass is 32.1. The zero-order valence-electron chi connectivity index (χ0n) is 13.4. The number of carbonyl (C=O) groups is 3. The number of amides is 1. The van der Waals surface area contributed by atoms with Crippen LogP contribution in [-0.4, -0.2) is 30.8 Å². The van der Waals surface area contributed by atoms with Crippen LogP contribution in [0.2, 0.25) is 0 Å². The van der Waals surface area contributed by atoms with E-state index in [1.807, 2.05) is 0 Å². The van der Waals surface area contributed by atoms with E-state index in [9.17, 15) is 14.4 Å². The summed E-state index contributed by atoms with van der Waals surface area (Å²) in [7, 11) is 1.24. The number of hydrogen-bond donors (Lipinski definition) is 1. The number of ether oxygens (including phenoxy) is 1. The lowest BCUT2D eigenvalue weighted by molar-refractivity contribution is -0.140. The Morgan fingerprint density at radius 1 is 1.20 bits per heavy atom. The van der Waals surface area contributed by atoms with Gasteiger partial charge in [0.15, 0.2) is 5.78 Å². The quantitative estimate of drug-likeness (QED) is 0.541. The average Bonchev–Trinajstić information content (AvgIpc) is 3.30. The maximum Gasteiger partial charge on any atom is 0.308 e. The van der Waals surface area contributed by atoms with Gasteiger partial charge in [-0.2, -0.15) is 11.3 Å². The van der Waals surface area contributed by atoms with E-state index in [1.165, 1.54) is 24.7 Å². The zero-order valence-corrected chi connectivity index (χ0v) is 14.2. The molecule has 1 atom stereocenters. The maximum absolute atomic E-state index is 12.6. The largest absolute Gasteiger partial charge is 0.469 e. The van der Waals surface area contributed by atoms with Gasteiger partial charge < -0.3 is 14.5 Å². The number of thiophene rings is 1. The van der Waals surface area contributed by atoms with Gasteiger partial charge in [-0.1, -0.05) is 0 Å². The zero-order chi connectivity index (χ0) is 17.8. The third kappa shape index (κ3) is 3.77. The highest BCUT2D eigenvalue weighted by Crippen LogP contribution is 2.18. The molecule has 0 spiro atoms. The minimum absolute atomic E-state index is 0.231. The molecule has 0 saturated carbocycles. The van der Waals surface area contributed by atoms with Crippen LogP contribution >= 0.6 is 11.3 Å². The van der Waals surface area contributed by atoms with Gasteiger partial charge in [0.05, 0.1) is 19.8 Å². The van der Waals surface area contributed by atoms with Crippen LogP contribution in [0, 0.1) is 0 Å². The van der Waals surface area contributed by atoms with Crippen LogP contribution in [0.25, 0.3) is 11.0 Å². The van der Waals surface area contributed by atoms with Crippen molar-refractivity contribution in [3.63, 3.8) is 0 Å². The van der Waals surface area contributed by atoms with Crippen LogP contribution in [0.4, 0.5) is 0 Å². The lowest BCUT2D eigenvalue weighted by Crippen LogP contribution is -2.42. The molecule has 3 aromatic rings. The lowest BCUT2D eigenvalue weighted by atomic mass is 10.0. The van der Waals surface area contributed by atoms with Crippen molar-refractivity contribution in [2.75, 3.05) is 7.11 Å². The van der Waals surface area contributed by atoms with E-state index >= 15 is 0 Å². The molecule has 25 heavy (non-hydrogen) atoms. The Kier molecular flexibility index (Phi) is 4.95. The summed E-state index contributed by atoms with van der Waals surface area (Å²) in [4.78, 5) is 36.7. The van der Waals surface area contributed by atoms with Crippen molar-refractivity contribution in [1.29, 1.82) is 0 Å². The van der Waals surface area contributed by atoms with Crippen LogP contribution in [0.3, 0.4) is 0 Å². The Bertz CT molecular complexity index is 913. The maximum atomic E-state index is 12.6. The van der Waals surface area contributed by atoms with Crippen molar-refractivity contribution in [3.05, 3.63) is 58.5 Å². The van der Waals surface area contributed by atoms with Crippen LogP contribution < -0.4 is 5.32 Å². The Balaban J connectivity index is 1.81. The number of benzene rings is 1. The average molecular weight is 357 g/mol. The van der Waals surface area contributed by atoms with E-state index in [4.69, 9.17) is 4.42 Å². The molecule has 1 aromatic carbocycles. The predicted molar refractivity (Wildman–Crippen MR) is 92.8 cm³/mol. The monoisotopic (exact) mass is 357 g/mol. The first-order chi connectivity index (χ1) is 12.1. The molecule has 2 heterocycles. The number of rotatable bonds is 6. The fourth-order valence-corrected chi connectivity index (χ4v) is 3.06. The molecule has 1 N–H and O–H groups in total. The smallest absolute Gasteiger partial charge is 0.308 e. The van der Waals surface area contributed by atoms with E-state index < -0.39 is 17.9 Å². The van der Waals surface area contributed by atoms with Gasteiger partial charge in [-0.25, -0.2) is 0 Å². The van der Waals surface area contributed by atoms with Crippen molar-refractivity contribution in [2.24, 2.45) is 0 Å². The van der Waals surface area contributed by atoms with E-state index in [0.717, 1.165) is 5.39 Å². The molecule has 3 rings (SSSR count). The molecule has 128 valence electrons. The molecule has 0 fully saturated rings. The normalized spacial score (nSPS) is 11.9. The van der Waals surface area contributed by atoms with E-state index in [2.05, 4.69) is 10.1 Å². The summed E-state index contributed by atoms with van der Waals surface area (Å²) in [6.45, 7) is 0. The second-order valence-electron chi connectivity index (χ2n) is 5.36. The van der Waals surface area contributed by atoms with Crippen molar-refractivity contribution in [1.82, 2.24) is 5.32 Å². The van der Waals surface area contributed by atoms with Crippen LogP contribution in [-0.2, 0) is 9.53 Å². The fraction of sp³-hybridized carbons (Fsp3) is 0.167. The predicted octanol–water partition coefficient (Wildman–Crippen LogP) is 3.04. The summed E-state index contributed by atoms with van der Waals surface area (Å²) in [6, 6.07) is 7.36. The minimum atomic E-state index is -0.991. The SMILES string of the molecule is COC(=O)CC(NC(=O)c1ccc2occc2c1)C(=O)c1ccsc1.